The lowest BCUT2D eigenvalue weighted by molar-refractivity contribution is -0.132. The smallest absolute Gasteiger partial charge is 0.225 e. The van der Waals surface area contributed by atoms with Gasteiger partial charge in [0.15, 0.2) is 0 Å². The van der Waals surface area contributed by atoms with Crippen LogP contribution in [0.1, 0.15) is 42.4 Å². The Morgan fingerprint density at radius 1 is 1.36 bits per heavy atom. The molecule has 25 heavy (non-hydrogen) atoms. The molecule has 0 radical (unpaired) electrons. The van der Waals surface area contributed by atoms with Crippen LogP contribution >= 0.6 is 0 Å². The van der Waals surface area contributed by atoms with E-state index in [-0.39, 0.29) is 11.9 Å². The maximum absolute atomic E-state index is 12.7. The number of hydrogen-bond donors (Lipinski definition) is 0. The second kappa shape index (κ2) is 7.74. The van der Waals surface area contributed by atoms with Gasteiger partial charge in [-0.15, -0.1) is 0 Å². The van der Waals surface area contributed by atoms with E-state index in [0.717, 1.165) is 43.0 Å². The maximum Gasteiger partial charge on any atom is 0.225 e. The van der Waals surface area contributed by atoms with Crippen LogP contribution in [0.4, 0.5) is 0 Å². The summed E-state index contributed by atoms with van der Waals surface area (Å²) in [5.41, 5.74) is 2.81. The number of carbonyl (C=O) groups excluding carboxylic acids is 1. The molecule has 0 N–H and O–H groups in total. The topological polar surface area (TPSA) is 67.2 Å². The van der Waals surface area contributed by atoms with E-state index in [4.69, 9.17) is 4.98 Å². The summed E-state index contributed by atoms with van der Waals surface area (Å²) in [6.07, 6.45) is 7.93. The highest BCUT2D eigenvalue weighted by Crippen LogP contribution is 2.31. The van der Waals surface area contributed by atoms with Crippen LogP contribution in [0.2, 0.25) is 0 Å². The first kappa shape index (κ1) is 17.5. The minimum atomic E-state index is 0.0430. The van der Waals surface area contributed by atoms with Gasteiger partial charge in [0, 0.05) is 38.4 Å². The van der Waals surface area contributed by atoms with Gasteiger partial charge in [-0.1, -0.05) is 0 Å². The van der Waals surface area contributed by atoms with Crippen LogP contribution in [0.15, 0.2) is 24.7 Å². The molecule has 0 aromatic carbocycles. The summed E-state index contributed by atoms with van der Waals surface area (Å²) < 4.78 is 1.83. The Morgan fingerprint density at radius 2 is 2.20 bits per heavy atom. The van der Waals surface area contributed by atoms with E-state index in [1.54, 1.807) is 12.4 Å². The molecule has 7 heteroatoms. The Balaban J connectivity index is 1.66. The molecule has 1 amide bonds. The SMILES string of the molecule is Cc1ccn(CCC(=O)N2CCC[C@@H]2c2cncc(CN(C)C)n2)n1. The van der Waals surface area contributed by atoms with Crippen molar-refractivity contribution in [3.05, 3.63) is 41.7 Å². The third-order valence-electron chi connectivity index (χ3n) is 4.42. The molecule has 2 aromatic heterocycles. The summed E-state index contributed by atoms with van der Waals surface area (Å²) in [7, 11) is 4.02. The summed E-state index contributed by atoms with van der Waals surface area (Å²) >= 11 is 0. The van der Waals surface area contributed by atoms with Gasteiger partial charge in [-0.25, -0.2) is 0 Å². The normalized spacial score (nSPS) is 17.4. The molecule has 3 rings (SSSR count). The quantitative estimate of drug-likeness (QED) is 0.801. The second-order valence-corrected chi connectivity index (χ2v) is 6.89. The van der Waals surface area contributed by atoms with Crippen molar-refractivity contribution >= 4 is 5.91 Å². The van der Waals surface area contributed by atoms with E-state index in [9.17, 15) is 4.79 Å². The van der Waals surface area contributed by atoms with Crippen LogP contribution in [0.5, 0.6) is 0 Å². The Kier molecular flexibility index (Phi) is 5.43. The minimum Gasteiger partial charge on any atom is -0.334 e. The third kappa shape index (κ3) is 4.42. The van der Waals surface area contributed by atoms with Gasteiger partial charge < -0.3 is 9.80 Å². The first-order valence-corrected chi connectivity index (χ1v) is 8.78. The first-order valence-electron chi connectivity index (χ1n) is 8.78. The molecule has 1 aliphatic heterocycles. The summed E-state index contributed by atoms with van der Waals surface area (Å²) in [6, 6.07) is 2.00. The van der Waals surface area contributed by atoms with E-state index < -0.39 is 0 Å². The molecule has 2 aromatic rings. The Hall–Kier alpha value is -2.28. The average Bonchev–Trinajstić information content (AvgIpc) is 3.21. The monoisotopic (exact) mass is 342 g/mol. The number of amides is 1. The molecule has 0 spiro atoms. The van der Waals surface area contributed by atoms with Crippen molar-refractivity contribution < 1.29 is 4.79 Å². The van der Waals surface area contributed by atoms with Gasteiger partial charge in [-0.2, -0.15) is 5.10 Å². The molecule has 0 aliphatic carbocycles. The summed E-state index contributed by atoms with van der Waals surface area (Å²) in [5.74, 6) is 0.162. The van der Waals surface area contributed by atoms with E-state index in [1.807, 2.05) is 42.9 Å². The molecule has 1 fully saturated rings. The van der Waals surface area contributed by atoms with Crippen molar-refractivity contribution in [1.82, 2.24) is 29.5 Å². The van der Waals surface area contributed by atoms with Crippen LogP contribution < -0.4 is 0 Å². The van der Waals surface area contributed by atoms with Crippen LogP contribution in [0, 0.1) is 6.92 Å². The van der Waals surface area contributed by atoms with Crippen LogP contribution in [-0.2, 0) is 17.9 Å². The van der Waals surface area contributed by atoms with Gasteiger partial charge in [0.05, 0.1) is 29.3 Å². The fourth-order valence-electron chi connectivity index (χ4n) is 3.30. The second-order valence-electron chi connectivity index (χ2n) is 6.89. The van der Waals surface area contributed by atoms with Crippen molar-refractivity contribution in [2.45, 2.75) is 45.3 Å². The summed E-state index contributed by atoms with van der Waals surface area (Å²) in [5, 5.41) is 4.34. The van der Waals surface area contributed by atoms with Gasteiger partial charge >= 0.3 is 0 Å². The van der Waals surface area contributed by atoms with Gasteiger partial charge in [-0.05, 0) is 39.9 Å². The minimum absolute atomic E-state index is 0.0430. The number of aromatic nitrogens is 4. The number of carbonyl (C=O) groups is 1. The molecule has 1 saturated heterocycles. The highest BCUT2D eigenvalue weighted by molar-refractivity contribution is 5.76. The van der Waals surface area contributed by atoms with Crippen molar-refractivity contribution in [1.29, 1.82) is 0 Å². The predicted molar refractivity (Wildman–Crippen MR) is 94.7 cm³/mol. The van der Waals surface area contributed by atoms with Crippen molar-refractivity contribution in [2.24, 2.45) is 0 Å². The van der Waals surface area contributed by atoms with Crippen molar-refractivity contribution in [3.63, 3.8) is 0 Å². The highest BCUT2D eigenvalue weighted by Gasteiger charge is 2.31. The van der Waals surface area contributed by atoms with Crippen molar-refractivity contribution in [3.8, 4) is 0 Å². The maximum atomic E-state index is 12.7. The zero-order valence-electron chi connectivity index (χ0n) is 15.2. The summed E-state index contributed by atoms with van der Waals surface area (Å²) in [4.78, 5) is 25.8. The molecular weight excluding hydrogens is 316 g/mol. The van der Waals surface area contributed by atoms with Crippen LogP contribution in [0.25, 0.3) is 0 Å². The fourth-order valence-corrected chi connectivity index (χ4v) is 3.30. The average molecular weight is 342 g/mol. The van der Waals surface area contributed by atoms with E-state index in [0.29, 0.717) is 13.0 Å². The lowest BCUT2D eigenvalue weighted by atomic mass is 10.1. The standard InChI is InChI=1S/C18H26N6O/c1-14-6-9-23(21-14)10-7-18(25)24-8-4-5-17(24)16-12-19-11-15(20-16)13-22(2)3/h6,9,11-12,17H,4-5,7-8,10,13H2,1-3H3/t17-/m1/s1. The van der Waals surface area contributed by atoms with Crippen LogP contribution in [0.3, 0.4) is 0 Å². The molecule has 134 valence electrons. The molecule has 1 aliphatic rings. The largest absolute Gasteiger partial charge is 0.334 e. The number of rotatable bonds is 6. The lowest BCUT2D eigenvalue weighted by Crippen LogP contribution is -2.32. The van der Waals surface area contributed by atoms with Crippen LogP contribution in [-0.4, -0.2) is 56.1 Å². The molecule has 0 saturated carbocycles. The fraction of sp³-hybridized carbons (Fsp3) is 0.556. The van der Waals surface area contributed by atoms with Gasteiger partial charge in [-0.3, -0.25) is 19.4 Å². The highest BCUT2D eigenvalue weighted by atomic mass is 16.2. The molecule has 0 unspecified atom stereocenters. The molecule has 7 nitrogen and oxygen atoms in total. The van der Waals surface area contributed by atoms with Gasteiger partial charge in [0.2, 0.25) is 5.91 Å². The zero-order chi connectivity index (χ0) is 17.8. The Bertz CT molecular complexity index is 726. The Labute approximate surface area is 148 Å². The predicted octanol–water partition coefficient (Wildman–Crippen LogP) is 1.80. The number of hydrogen-bond acceptors (Lipinski definition) is 5. The van der Waals surface area contributed by atoms with Gasteiger partial charge in [0.25, 0.3) is 0 Å². The van der Waals surface area contributed by atoms with E-state index in [2.05, 4.69) is 15.0 Å². The van der Waals surface area contributed by atoms with Crippen molar-refractivity contribution in [2.75, 3.05) is 20.6 Å². The molecular formula is C18H26N6O. The first-order chi connectivity index (χ1) is 12.0. The number of aryl methyl sites for hydroxylation is 2. The number of likely N-dealkylation sites (tertiary alicyclic amines) is 1. The molecule has 1 atom stereocenters. The van der Waals surface area contributed by atoms with Gasteiger partial charge in [0.1, 0.15) is 0 Å². The number of nitrogens with zero attached hydrogens (tertiary/aromatic N) is 6. The van der Waals surface area contributed by atoms with E-state index in [1.165, 1.54) is 0 Å². The summed E-state index contributed by atoms with van der Waals surface area (Å²) in [6.45, 7) is 4.11. The molecule has 0 bridgehead atoms. The lowest BCUT2D eigenvalue weighted by Gasteiger charge is -2.24. The zero-order valence-corrected chi connectivity index (χ0v) is 15.2. The molecule has 3 heterocycles. The Morgan fingerprint density at radius 3 is 2.92 bits per heavy atom. The third-order valence-corrected chi connectivity index (χ3v) is 4.42. The van der Waals surface area contributed by atoms with E-state index >= 15 is 0 Å².